The second-order valence-electron chi connectivity index (χ2n) is 5.52. The second-order valence-corrected chi connectivity index (χ2v) is 6.32. The van der Waals surface area contributed by atoms with E-state index < -0.39 is 0 Å². The number of nitrogens with two attached hydrogens (primary N) is 1. The molecule has 0 bridgehead atoms. The summed E-state index contributed by atoms with van der Waals surface area (Å²) < 4.78 is 0.912. The van der Waals surface area contributed by atoms with Gasteiger partial charge < -0.3 is 10.8 Å². The van der Waals surface area contributed by atoms with E-state index in [2.05, 4.69) is 22.0 Å². The molecule has 1 saturated carbocycles. The van der Waals surface area contributed by atoms with Gasteiger partial charge in [0, 0.05) is 17.0 Å². The fourth-order valence-electron chi connectivity index (χ4n) is 3.16. The number of aromatic hydroxyl groups is 1. The molecule has 3 N–H and O–H groups in total. The molecule has 3 rings (SSSR count). The molecule has 2 nitrogen and oxygen atoms in total. The third kappa shape index (κ3) is 1.55. The number of fused-ring (bicyclic) bond motifs is 1. The van der Waals surface area contributed by atoms with Crippen molar-refractivity contribution in [3.05, 3.63) is 27.2 Å². The van der Waals surface area contributed by atoms with Crippen molar-refractivity contribution in [1.82, 2.24) is 0 Å². The molecule has 0 aromatic heterocycles. The van der Waals surface area contributed by atoms with Crippen LogP contribution >= 0.6 is 15.9 Å². The Balaban J connectivity index is 2.16. The van der Waals surface area contributed by atoms with Gasteiger partial charge in [-0.3, -0.25) is 0 Å². The quantitative estimate of drug-likeness (QED) is 0.881. The SMILES string of the molecule is CC(N)C1(c2cc3c(c(Br)c2O)CCC3)CC1. The smallest absolute Gasteiger partial charge is 0.133 e. The first kappa shape index (κ1) is 11.5. The monoisotopic (exact) mass is 295 g/mol. The van der Waals surface area contributed by atoms with Gasteiger partial charge in [-0.25, -0.2) is 0 Å². The van der Waals surface area contributed by atoms with Crippen LogP contribution in [0.3, 0.4) is 0 Å². The van der Waals surface area contributed by atoms with Crippen molar-refractivity contribution in [2.24, 2.45) is 5.73 Å². The maximum atomic E-state index is 10.4. The van der Waals surface area contributed by atoms with E-state index in [4.69, 9.17) is 5.73 Å². The van der Waals surface area contributed by atoms with Crippen molar-refractivity contribution >= 4 is 15.9 Å². The van der Waals surface area contributed by atoms with E-state index in [1.807, 2.05) is 6.92 Å². The van der Waals surface area contributed by atoms with Crippen LogP contribution in [0.2, 0.25) is 0 Å². The summed E-state index contributed by atoms with van der Waals surface area (Å²) in [5, 5.41) is 10.4. The molecule has 1 unspecified atom stereocenters. The zero-order valence-corrected chi connectivity index (χ0v) is 11.7. The summed E-state index contributed by atoms with van der Waals surface area (Å²) in [6.07, 6.45) is 5.61. The van der Waals surface area contributed by atoms with Gasteiger partial charge in [0.15, 0.2) is 0 Å². The van der Waals surface area contributed by atoms with Gasteiger partial charge in [0.25, 0.3) is 0 Å². The van der Waals surface area contributed by atoms with Crippen LogP contribution in [0.15, 0.2) is 10.5 Å². The van der Waals surface area contributed by atoms with Gasteiger partial charge in [0.2, 0.25) is 0 Å². The zero-order chi connectivity index (χ0) is 12.2. The van der Waals surface area contributed by atoms with Gasteiger partial charge in [0.05, 0.1) is 4.47 Å². The number of phenols is 1. The van der Waals surface area contributed by atoms with Gasteiger partial charge in [-0.2, -0.15) is 0 Å². The second kappa shape index (κ2) is 3.72. The van der Waals surface area contributed by atoms with E-state index in [1.165, 1.54) is 17.5 Å². The standard InChI is InChI=1S/C14H18BrNO/c1-8(16)14(5-6-14)11-7-9-3-2-4-10(9)12(15)13(11)17/h7-8,17H,2-6,16H2,1H3. The van der Waals surface area contributed by atoms with Crippen LogP contribution in [-0.4, -0.2) is 11.1 Å². The summed E-state index contributed by atoms with van der Waals surface area (Å²) in [5.74, 6) is 0.431. The number of aryl methyl sites for hydroxylation is 1. The topological polar surface area (TPSA) is 46.2 Å². The zero-order valence-electron chi connectivity index (χ0n) is 10.1. The molecule has 3 heteroatoms. The first-order valence-electron chi connectivity index (χ1n) is 6.35. The highest BCUT2D eigenvalue weighted by Crippen LogP contribution is 2.55. The molecule has 0 aliphatic heterocycles. The molecule has 0 amide bonds. The van der Waals surface area contributed by atoms with Crippen molar-refractivity contribution in [2.75, 3.05) is 0 Å². The maximum absolute atomic E-state index is 10.4. The van der Waals surface area contributed by atoms with Crippen LogP contribution in [-0.2, 0) is 18.3 Å². The van der Waals surface area contributed by atoms with E-state index in [-0.39, 0.29) is 11.5 Å². The van der Waals surface area contributed by atoms with Gasteiger partial charge in [0.1, 0.15) is 5.75 Å². The lowest BCUT2D eigenvalue weighted by Crippen LogP contribution is -2.31. The van der Waals surface area contributed by atoms with Crippen molar-refractivity contribution in [2.45, 2.75) is 50.5 Å². The molecule has 2 aliphatic rings. The highest BCUT2D eigenvalue weighted by molar-refractivity contribution is 9.10. The lowest BCUT2D eigenvalue weighted by atomic mass is 9.87. The Morgan fingerprint density at radius 3 is 2.71 bits per heavy atom. The van der Waals surface area contributed by atoms with Crippen LogP contribution in [0.25, 0.3) is 0 Å². The third-order valence-electron chi connectivity index (χ3n) is 4.50. The molecule has 1 fully saturated rings. The highest BCUT2D eigenvalue weighted by atomic mass is 79.9. The normalized spacial score (nSPS) is 22.3. The number of halogens is 1. The number of rotatable bonds is 2. The van der Waals surface area contributed by atoms with Crippen LogP contribution in [0.5, 0.6) is 5.75 Å². The molecule has 17 heavy (non-hydrogen) atoms. The van der Waals surface area contributed by atoms with E-state index in [9.17, 15) is 5.11 Å². The fraction of sp³-hybridized carbons (Fsp3) is 0.571. The largest absolute Gasteiger partial charge is 0.506 e. The number of hydrogen-bond donors (Lipinski definition) is 2. The molecule has 0 radical (unpaired) electrons. The summed E-state index contributed by atoms with van der Waals surface area (Å²) in [4.78, 5) is 0. The van der Waals surface area contributed by atoms with Gasteiger partial charge >= 0.3 is 0 Å². The van der Waals surface area contributed by atoms with Crippen molar-refractivity contribution in [3.8, 4) is 5.75 Å². The minimum absolute atomic E-state index is 0.0320. The maximum Gasteiger partial charge on any atom is 0.133 e. The van der Waals surface area contributed by atoms with E-state index in [0.717, 1.165) is 35.7 Å². The van der Waals surface area contributed by atoms with E-state index in [0.29, 0.717) is 5.75 Å². The molecular weight excluding hydrogens is 278 g/mol. The lowest BCUT2D eigenvalue weighted by Gasteiger charge is -2.23. The minimum atomic E-state index is 0.0320. The van der Waals surface area contributed by atoms with Gasteiger partial charge in [-0.15, -0.1) is 0 Å². The molecule has 2 aliphatic carbocycles. The molecule has 1 aromatic rings. The Morgan fingerprint density at radius 1 is 1.41 bits per heavy atom. The summed E-state index contributed by atoms with van der Waals surface area (Å²) in [7, 11) is 0. The first-order chi connectivity index (χ1) is 8.06. The Morgan fingerprint density at radius 2 is 2.12 bits per heavy atom. The summed E-state index contributed by atoms with van der Waals surface area (Å²) in [6.45, 7) is 2.05. The average Bonchev–Trinajstić information content (AvgIpc) is 2.97. The van der Waals surface area contributed by atoms with Crippen LogP contribution < -0.4 is 5.73 Å². The van der Waals surface area contributed by atoms with Crippen molar-refractivity contribution < 1.29 is 5.11 Å². The van der Waals surface area contributed by atoms with Crippen molar-refractivity contribution in [3.63, 3.8) is 0 Å². The predicted molar refractivity (Wildman–Crippen MR) is 72.4 cm³/mol. The number of phenolic OH excluding ortho intramolecular Hbond substituents is 1. The molecule has 1 aromatic carbocycles. The summed E-state index contributed by atoms with van der Waals surface area (Å²) in [5.41, 5.74) is 9.90. The summed E-state index contributed by atoms with van der Waals surface area (Å²) in [6, 6.07) is 2.32. The summed E-state index contributed by atoms with van der Waals surface area (Å²) >= 11 is 3.56. The van der Waals surface area contributed by atoms with Crippen LogP contribution in [0.1, 0.15) is 42.9 Å². The number of benzene rings is 1. The fourth-order valence-corrected chi connectivity index (χ4v) is 3.83. The molecule has 0 spiro atoms. The predicted octanol–water partition coefficient (Wildman–Crippen LogP) is 3.02. The molecular formula is C14H18BrNO. The van der Waals surface area contributed by atoms with Gasteiger partial charge in [-0.1, -0.05) is 6.07 Å². The van der Waals surface area contributed by atoms with E-state index in [1.54, 1.807) is 0 Å². The third-order valence-corrected chi connectivity index (χ3v) is 5.36. The van der Waals surface area contributed by atoms with Gasteiger partial charge in [-0.05, 0) is 66.1 Å². The Labute approximate surface area is 110 Å². The lowest BCUT2D eigenvalue weighted by molar-refractivity contribution is 0.442. The van der Waals surface area contributed by atoms with Crippen LogP contribution in [0.4, 0.5) is 0 Å². The Kier molecular flexibility index (Phi) is 2.53. The first-order valence-corrected chi connectivity index (χ1v) is 7.15. The Bertz CT molecular complexity index is 478. The molecule has 0 heterocycles. The average molecular weight is 296 g/mol. The molecule has 92 valence electrons. The highest BCUT2D eigenvalue weighted by Gasteiger charge is 2.49. The molecule has 1 atom stereocenters. The molecule has 0 saturated heterocycles. The van der Waals surface area contributed by atoms with Crippen molar-refractivity contribution in [1.29, 1.82) is 0 Å². The number of hydrogen-bond acceptors (Lipinski definition) is 2. The van der Waals surface area contributed by atoms with Crippen LogP contribution in [0, 0.1) is 0 Å². The minimum Gasteiger partial charge on any atom is -0.506 e. The van der Waals surface area contributed by atoms with E-state index >= 15 is 0 Å². The Hall–Kier alpha value is -0.540.